The number of rotatable bonds is 3. The van der Waals surface area contributed by atoms with E-state index in [2.05, 4.69) is 22.1 Å². The molecule has 6 heteroatoms. The molecular formula is C19H15N3O2S. The second kappa shape index (κ2) is 5.91. The van der Waals surface area contributed by atoms with Crippen LogP contribution in [0.25, 0.3) is 22.4 Å². The van der Waals surface area contributed by atoms with Crippen molar-refractivity contribution in [3.63, 3.8) is 0 Å². The Labute approximate surface area is 145 Å². The maximum Gasteiger partial charge on any atom is 0.238 e. The lowest BCUT2D eigenvalue weighted by atomic mass is 9.96. The molecular weight excluding hydrogens is 334 g/mol. The van der Waals surface area contributed by atoms with Crippen LogP contribution in [0.3, 0.4) is 0 Å². The molecule has 2 heterocycles. The zero-order valence-electron chi connectivity index (χ0n) is 13.3. The third kappa shape index (κ3) is 2.97. The Kier molecular flexibility index (Phi) is 3.71. The molecule has 0 amide bonds. The van der Waals surface area contributed by atoms with Gasteiger partial charge in [-0.2, -0.15) is 0 Å². The van der Waals surface area contributed by atoms with Gasteiger partial charge in [-0.25, -0.2) is 13.6 Å². The molecule has 0 spiro atoms. The van der Waals surface area contributed by atoms with Crippen molar-refractivity contribution in [3.8, 4) is 22.4 Å². The van der Waals surface area contributed by atoms with E-state index in [0.29, 0.717) is 17.8 Å². The molecule has 0 saturated heterocycles. The molecule has 2 aromatic carbocycles. The second-order valence-electron chi connectivity index (χ2n) is 5.86. The number of hydrogen-bond acceptors (Lipinski definition) is 4. The van der Waals surface area contributed by atoms with Gasteiger partial charge in [0.15, 0.2) is 0 Å². The number of hydrogen-bond donors (Lipinski definition) is 1. The summed E-state index contributed by atoms with van der Waals surface area (Å²) in [5.41, 5.74) is 5.66. The highest BCUT2D eigenvalue weighted by molar-refractivity contribution is 7.89. The predicted molar refractivity (Wildman–Crippen MR) is 97.8 cm³/mol. The van der Waals surface area contributed by atoms with Gasteiger partial charge >= 0.3 is 0 Å². The average Bonchev–Trinajstić information content (AvgIpc) is 3.09. The molecule has 0 bridgehead atoms. The van der Waals surface area contributed by atoms with Crippen molar-refractivity contribution in [3.05, 3.63) is 71.9 Å². The summed E-state index contributed by atoms with van der Waals surface area (Å²) in [5, 5.41) is 5.25. The maximum absolute atomic E-state index is 11.6. The number of sulfonamides is 1. The van der Waals surface area contributed by atoms with Crippen LogP contribution in [0.4, 0.5) is 0 Å². The largest absolute Gasteiger partial charge is 0.288 e. The second-order valence-corrected chi connectivity index (χ2v) is 7.42. The Hall–Kier alpha value is -2.83. The molecule has 0 saturated carbocycles. The van der Waals surface area contributed by atoms with Crippen LogP contribution in [-0.2, 0) is 16.6 Å². The summed E-state index contributed by atoms with van der Waals surface area (Å²) in [6, 6.07) is 16.5. The number of fused-ring (bicyclic) bond motifs is 1. The van der Waals surface area contributed by atoms with E-state index in [1.165, 1.54) is 11.6 Å². The fraction of sp³-hybridized carbons (Fsp3) is 0.0526. The Bertz CT molecular complexity index is 1110. The van der Waals surface area contributed by atoms with Gasteiger partial charge in [-0.3, -0.25) is 9.98 Å². The first kappa shape index (κ1) is 15.7. The predicted octanol–water partition coefficient (Wildman–Crippen LogP) is 3.00. The Morgan fingerprint density at radius 1 is 0.960 bits per heavy atom. The number of primary sulfonamides is 1. The Balaban J connectivity index is 1.87. The van der Waals surface area contributed by atoms with Crippen LogP contribution in [0.2, 0.25) is 0 Å². The van der Waals surface area contributed by atoms with E-state index in [9.17, 15) is 8.42 Å². The minimum absolute atomic E-state index is 0.0719. The zero-order chi connectivity index (χ0) is 17.4. The number of aromatic nitrogens is 1. The van der Waals surface area contributed by atoms with Crippen molar-refractivity contribution < 1.29 is 8.42 Å². The van der Waals surface area contributed by atoms with Crippen LogP contribution >= 0.6 is 0 Å². The van der Waals surface area contributed by atoms with Crippen molar-refractivity contribution in [2.75, 3.05) is 0 Å². The molecule has 1 aliphatic heterocycles. The molecule has 0 aliphatic carbocycles. The molecule has 0 unspecified atom stereocenters. The summed E-state index contributed by atoms with van der Waals surface area (Å²) in [5.74, 6) is 0. The molecule has 0 atom stereocenters. The molecule has 3 aromatic rings. The van der Waals surface area contributed by atoms with E-state index in [1.807, 2.05) is 30.5 Å². The summed E-state index contributed by atoms with van der Waals surface area (Å²) < 4.78 is 23.3. The smallest absolute Gasteiger partial charge is 0.238 e. The van der Waals surface area contributed by atoms with Gasteiger partial charge in [-0.1, -0.05) is 30.3 Å². The minimum Gasteiger partial charge on any atom is -0.288 e. The third-order valence-corrected chi connectivity index (χ3v) is 5.10. The van der Waals surface area contributed by atoms with Crippen LogP contribution < -0.4 is 5.14 Å². The lowest BCUT2D eigenvalue weighted by molar-refractivity contribution is 0.598. The number of nitrogens with zero attached hydrogens (tertiary/aromatic N) is 2. The SMILES string of the molecule is NS(=O)(=O)c1cccc(-c2ncccc2-c2ccc3c(c2)C=NC3)c1. The molecule has 124 valence electrons. The molecule has 5 nitrogen and oxygen atoms in total. The van der Waals surface area contributed by atoms with Gasteiger partial charge in [0.2, 0.25) is 10.0 Å². The monoisotopic (exact) mass is 349 g/mol. The summed E-state index contributed by atoms with van der Waals surface area (Å²) in [4.78, 5) is 8.83. The first-order valence-electron chi connectivity index (χ1n) is 7.74. The highest BCUT2D eigenvalue weighted by Gasteiger charge is 2.14. The lowest BCUT2D eigenvalue weighted by Gasteiger charge is -2.11. The fourth-order valence-electron chi connectivity index (χ4n) is 2.96. The van der Waals surface area contributed by atoms with Crippen molar-refractivity contribution in [1.82, 2.24) is 4.98 Å². The molecule has 1 aromatic heterocycles. The van der Waals surface area contributed by atoms with Crippen molar-refractivity contribution >= 4 is 16.2 Å². The van der Waals surface area contributed by atoms with Crippen LogP contribution in [0.5, 0.6) is 0 Å². The molecule has 1 aliphatic rings. The Morgan fingerprint density at radius 2 is 1.84 bits per heavy atom. The highest BCUT2D eigenvalue weighted by atomic mass is 32.2. The first-order chi connectivity index (χ1) is 12.0. The average molecular weight is 349 g/mol. The fourth-order valence-corrected chi connectivity index (χ4v) is 3.52. The highest BCUT2D eigenvalue weighted by Crippen LogP contribution is 2.32. The summed E-state index contributed by atoms with van der Waals surface area (Å²) >= 11 is 0. The van der Waals surface area contributed by atoms with Gasteiger partial charge in [0.1, 0.15) is 0 Å². The summed E-state index contributed by atoms with van der Waals surface area (Å²) in [7, 11) is -3.76. The molecule has 0 radical (unpaired) electrons. The zero-order valence-corrected chi connectivity index (χ0v) is 14.1. The number of nitrogens with two attached hydrogens (primary N) is 1. The van der Waals surface area contributed by atoms with Gasteiger partial charge < -0.3 is 0 Å². The number of pyridine rings is 1. The molecule has 0 fully saturated rings. The van der Waals surface area contributed by atoms with Gasteiger partial charge in [-0.05, 0) is 41.0 Å². The van der Waals surface area contributed by atoms with Crippen molar-refractivity contribution in [2.45, 2.75) is 11.4 Å². The van der Waals surface area contributed by atoms with E-state index < -0.39 is 10.0 Å². The number of benzene rings is 2. The summed E-state index contributed by atoms with van der Waals surface area (Å²) in [6.07, 6.45) is 3.56. The van der Waals surface area contributed by atoms with Crippen LogP contribution in [0, 0.1) is 0 Å². The van der Waals surface area contributed by atoms with Crippen LogP contribution in [0.1, 0.15) is 11.1 Å². The molecule has 25 heavy (non-hydrogen) atoms. The Morgan fingerprint density at radius 3 is 2.68 bits per heavy atom. The lowest BCUT2D eigenvalue weighted by Crippen LogP contribution is -2.12. The van der Waals surface area contributed by atoms with Crippen LogP contribution in [-0.4, -0.2) is 19.6 Å². The third-order valence-electron chi connectivity index (χ3n) is 4.19. The van der Waals surface area contributed by atoms with Gasteiger partial charge in [-0.15, -0.1) is 0 Å². The van der Waals surface area contributed by atoms with Gasteiger partial charge in [0.25, 0.3) is 0 Å². The van der Waals surface area contributed by atoms with Gasteiger partial charge in [0.05, 0.1) is 17.1 Å². The van der Waals surface area contributed by atoms with Crippen LogP contribution in [0.15, 0.2) is 70.7 Å². The van der Waals surface area contributed by atoms with E-state index in [-0.39, 0.29) is 4.90 Å². The first-order valence-corrected chi connectivity index (χ1v) is 9.28. The standard InChI is InChI=1S/C19H15N3O2S/c20-25(23,24)17-4-1-3-14(10-17)19-18(5-2-8-22-19)13-6-7-15-11-21-12-16(15)9-13/h1-10,12H,11H2,(H2,20,23,24). The van der Waals surface area contributed by atoms with Crippen molar-refractivity contribution in [1.29, 1.82) is 0 Å². The molecule has 2 N–H and O–H groups in total. The minimum atomic E-state index is -3.76. The van der Waals surface area contributed by atoms with Gasteiger partial charge in [0, 0.05) is 23.5 Å². The van der Waals surface area contributed by atoms with E-state index >= 15 is 0 Å². The quantitative estimate of drug-likeness (QED) is 0.789. The number of aliphatic imine (C=N–C) groups is 1. The van der Waals surface area contributed by atoms with E-state index in [0.717, 1.165) is 16.7 Å². The normalized spacial score (nSPS) is 13.0. The topological polar surface area (TPSA) is 85.4 Å². The summed E-state index contributed by atoms with van der Waals surface area (Å²) in [6.45, 7) is 0.714. The van der Waals surface area contributed by atoms with Crippen molar-refractivity contribution in [2.24, 2.45) is 10.1 Å². The van der Waals surface area contributed by atoms with E-state index in [1.54, 1.807) is 18.3 Å². The maximum atomic E-state index is 11.6. The molecule has 4 rings (SSSR count). The van der Waals surface area contributed by atoms with E-state index in [4.69, 9.17) is 5.14 Å².